The maximum absolute atomic E-state index is 10.4. The summed E-state index contributed by atoms with van der Waals surface area (Å²) in [6.07, 6.45) is 0. The van der Waals surface area contributed by atoms with Crippen molar-refractivity contribution in [2.24, 2.45) is 0 Å². The monoisotopic (exact) mass is 612 g/mol. The molecule has 4 nitrogen and oxygen atoms in total. The summed E-state index contributed by atoms with van der Waals surface area (Å²) in [7, 11) is 0. The Morgan fingerprint density at radius 3 is 1.54 bits per heavy atom. The van der Waals surface area contributed by atoms with Gasteiger partial charge in [0.1, 0.15) is 28.4 Å². The Bertz CT molecular complexity index is 2730. The van der Waals surface area contributed by atoms with Gasteiger partial charge in [-0.15, -0.1) is 0 Å². The average Bonchev–Trinajstić information content (AvgIpc) is 3.72. The highest BCUT2D eigenvalue weighted by Crippen LogP contribution is 2.42. The molecule has 0 spiro atoms. The van der Waals surface area contributed by atoms with Crippen molar-refractivity contribution in [3.63, 3.8) is 0 Å². The molecular weight excluding hydrogens is 588 g/mol. The van der Waals surface area contributed by atoms with E-state index in [0.29, 0.717) is 11.1 Å². The van der Waals surface area contributed by atoms with Gasteiger partial charge in [0, 0.05) is 38.2 Å². The molecule has 0 atom stereocenters. The first kappa shape index (κ1) is 27.4. The van der Waals surface area contributed by atoms with Crippen LogP contribution in [0.2, 0.25) is 0 Å². The van der Waals surface area contributed by atoms with Crippen molar-refractivity contribution in [2.75, 3.05) is 0 Å². The fourth-order valence-electron chi connectivity index (χ4n) is 6.84. The molecule has 0 aliphatic heterocycles. The van der Waals surface area contributed by atoms with Crippen LogP contribution in [0.15, 0.2) is 154 Å². The van der Waals surface area contributed by atoms with E-state index in [-0.39, 0.29) is 0 Å². The molecule has 0 radical (unpaired) electrons. The lowest BCUT2D eigenvalue weighted by Gasteiger charge is -2.14. The highest BCUT2D eigenvalue weighted by molar-refractivity contribution is 6.12. The number of benzene rings is 7. The van der Waals surface area contributed by atoms with Crippen LogP contribution in [-0.2, 0) is 0 Å². The van der Waals surface area contributed by atoms with Crippen LogP contribution < -0.4 is 0 Å². The van der Waals surface area contributed by atoms with Crippen LogP contribution in [0.4, 0.5) is 0 Å². The van der Waals surface area contributed by atoms with Crippen LogP contribution in [0, 0.1) is 22.7 Å². The van der Waals surface area contributed by atoms with Crippen LogP contribution in [0.1, 0.15) is 11.1 Å². The Morgan fingerprint density at radius 2 is 0.938 bits per heavy atom. The minimum atomic E-state index is 0.603. The number of hydrogen-bond acceptors (Lipinski definition) is 4. The number of nitrogens with zero attached hydrogens (tertiary/aromatic N) is 2. The van der Waals surface area contributed by atoms with Crippen LogP contribution in [0.5, 0.6) is 0 Å². The van der Waals surface area contributed by atoms with Gasteiger partial charge in [0.05, 0.1) is 17.2 Å². The van der Waals surface area contributed by atoms with Crippen LogP contribution in [0.25, 0.3) is 88.4 Å². The molecule has 0 saturated heterocycles. The molecule has 0 aliphatic carbocycles. The summed E-state index contributed by atoms with van der Waals surface area (Å²) in [6, 6.07) is 53.4. The third kappa shape index (κ3) is 4.36. The lowest BCUT2D eigenvalue weighted by Crippen LogP contribution is -1.93. The number of fused-ring (bicyclic) bond motifs is 6. The number of nitriles is 2. The molecule has 2 heterocycles. The van der Waals surface area contributed by atoms with E-state index in [1.54, 1.807) is 6.07 Å². The van der Waals surface area contributed by atoms with Gasteiger partial charge in [-0.05, 0) is 82.4 Å². The van der Waals surface area contributed by atoms with Gasteiger partial charge in [-0.1, -0.05) is 91.0 Å². The van der Waals surface area contributed by atoms with E-state index in [9.17, 15) is 10.5 Å². The van der Waals surface area contributed by atoms with Gasteiger partial charge in [-0.25, -0.2) is 0 Å². The molecule has 48 heavy (non-hydrogen) atoms. The lowest BCUT2D eigenvalue weighted by molar-refractivity contribution is 0.668. The molecule has 0 saturated carbocycles. The quantitative estimate of drug-likeness (QED) is 0.198. The highest BCUT2D eigenvalue weighted by atomic mass is 16.3. The summed E-state index contributed by atoms with van der Waals surface area (Å²) >= 11 is 0. The molecule has 9 rings (SSSR count). The van der Waals surface area contributed by atoms with E-state index < -0.39 is 0 Å². The Balaban J connectivity index is 1.22. The average molecular weight is 613 g/mol. The van der Waals surface area contributed by atoms with Crippen molar-refractivity contribution < 1.29 is 8.83 Å². The first-order chi connectivity index (χ1) is 23.7. The summed E-state index contributed by atoms with van der Waals surface area (Å²) in [5, 5.41) is 23.8. The fraction of sp³-hybridized carbons (Fsp3) is 0. The van der Waals surface area contributed by atoms with Gasteiger partial charge in [0.2, 0.25) is 0 Å². The zero-order valence-electron chi connectivity index (χ0n) is 25.6. The smallest absolute Gasteiger partial charge is 0.143 e. The molecule has 7 aromatic carbocycles. The molecule has 222 valence electrons. The molecule has 0 bridgehead atoms. The summed E-state index contributed by atoms with van der Waals surface area (Å²) in [5.74, 6) is 0. The molecule has 0 fully saturated rings. The maximum atomic E-state index is 10.4. The Kier molecular flexibility index (Phi) is 6.22. The second-order valence-electron chi connectivity index (χ2n) is 11.9. The van der Waals surface area contributed by atoms with Crippen molar-refractivity contribution in [2.45, 2.75) is 0 Å². The Hall–Kier alpha value is -6.88. The largest absolute Gasteiger partial charge is 0.456 e. The van der Waals surface area contributed by atoms with Crippen LogP contribution in [0.3, 0.4) is 0 Å². The molecule has 4 heteroatoms. The van der Waals surface area contributed by atoms with Crippen molar-refractivity contribution in [1.29, 1.82) is 10.5 Å². The molecule has 0 aliphatic rings. The van der Waals surface area contributed by atoms with Crippen LogP contribution >= 0.6 is 0 Å². The van der Waals surface area contributed by atoms with Crippen molar-refractivity contribution in [3.8, 4) is 56.6 Å². The summed E-state index contributed by atoms with van der Waals surface area (Å²) in [4.78, 5) is 0. The third-order valence-electron chi connectivity index (χ3n) is 9.16. The number of hydrogen-bond donors (Lipinski definition) is 0. The lowest BCUT2D eigenvalue weighted by atomic mass is 9.88. The van der Waals surface area contributed by atoms with Gasteiger partial charge in [0.25, 0.3) is 0 Å². The van der Waals surface area contributed by atoms with E-state index in [2.05, 4.69) is 66.7 Å². The predicted octanol–water partition coefficient (Wildman–Crippen LogP) is 11.9. The molecular formula is C44H24N2O2. The van der Waals surface area contributed by atoms with E-state index in [0.717, 1.165) is 88.4 Å². The minimum Gasteiger partial charge on any atom is -0.456 e. The summed E-state index contributed by atoms with van der Waals surface area (Å²) < 4.78 is 12.7. The number of furan rings is 2. The van der Waals surface area contributed by atoms with Crippen molar-refractivity contribution >= 4 is 43.9 Å². The first-order valence-corrected chi connectivity index (χ1v) is 15.7. The predicted molar refractivity (Wildman–Crippen MR) is 192 cm³/mol. The van der Waals surface area contributed by atoms with E-state index in [4.69, 9.17) is 8.83 Å². The van der Waals surface area contributed by atoms with Crippen molar-refractivity contribution in [1.82, 2.24) is 0 Å². The fourth-order valence-corrected chi connectivity index (χ4v) is 6.84. The summed E-state index contributed by atoms with van der Waals surface area (Å²) in [6.45, 7) is 0. The van der Waals surface area contributed by atoms with Gasteiger partial charge in [0.15, 0.2) is 0 Å². The second-order valence-corrected chi connectivity index (χ2v) is 11.9. The SMILES string of the molecule is N#Cc1ccc2oc3ccc(-c4ccc5oc6c(-c7cc(-c8ccccc8)c(C#N)c(-c8ccccc8)c7)cccc6c5c4)cc3c2c1. The standard InChI is InChI=1S/C44H24N2O2/c45-25-27-14-17-41-37(20-27)39-22-31(15-18-42(39)47-41)30-16-19-43-38(21-30)34-13-7-12-33(44(34)48-43)32-23-35(28-8-3-1-4-9-28)40(26-46)36(24-32)29-10-5-2-6-11-29/h1-24H. The Labute approximate surface area is 275 Å². The van der Waals surface area contributed by atoms with Gasteiger partial charge < -0.3 is 8.83 Å². The highest BCUT2D eigenvalue weighted by Gasteiger charge is 2.19. The number of para-hydroxylation sites is 1. The van der Waals surface area contributed by atoms with Gasteiger partial charge >= 0.3 is 0 Å². The maximum Gasteiger partial charge on any atom is 0.143 e. The molecule has 0 N–H and O–H groups in total. The van der Waals surface area contributed by atoms with E-state index in [1.165, 1.54) is 0 Å². The second kappa shape index (κ2) is 10.9. The molecule has 0 unspecified atom stereocenters. The normalized spacial score (nSPS) is 11.3. The van der Waals surface area contributed by atoms with Crippen molar-refractivity contribution in [3.05, 3.63) is 157 Å². The van der Waals surface area contributed by atoms with E-state index in [1.807, 2.05) is 84.9 Å². The molecule has 2 aromatic heterocycles. The topological polar surface area (TPSA) is 73.9 Å². The molecule has 9 aromatic rings. The van der Waals surface area contributed by atoms with Gasteiger partial charge in [-0.3, -0.25) is 0 Å². The zero-order valence-corrected chi connectivity index (χ0v) is 25.6. The van der Waals surface area contributed by atoms with E-state index >= 15 is 0 Å². The summed E-state index contributed by atoms with van der Waals surface area (Å²) in [5.41, 5.74) is 12.2. The minimum absolute atomic E-state index is 0.603. The Morgan fingerprint density at radius 1 is 0.375 bits per heavy atom. The van der Waals surface area contributed by atoms with Gasteiger partial charge in [-0.2, -0.15) is 10.5 Å². The number of rotatable bonds is 4. The van der Waals surface area contributed by atoms with Crippen LogP contribution in [-0.4, -0.2) is 0 Å². The first-order valence-electron chi connectivity index (χ1n) is 15.7. The zero-order chi connectivity index (χ0) is 32.2. The molecule has 0 amide bonds. The third-order valence-corrected chi connectivity index (χ3v) is 9.16.